The summed E-state index contributed by atoms with van der Waals surface area (Å²) in [5, 5.41) is 2.83. The molecule has 0 radical (unpaired) electrons. The lowest BCUT2D eigenvalue weighted by Crippen LogP contribution is -2.11. The maximum absolute atomic E-state index is 12.4. The van der Waals surface area contributed by atoms with Gasteiger partial charge in [-0.2, -0.15) is 0 Å². The van der Waals surface area contributed by atoms with Crippen LogP contribution in [0.2, 0.25) is 0 Å². The molecule has 4 aromatic rings. The summed E-state index contributed by atoms with van der Waals surface area (Å²) >= 11 is 0. The first-order valence-corrected chi connectivity index (χ1v) is 9.35. The Labute approximate surface area is 173 Å². The number of aromatic amines is 1. The lowest BCUT2D eigenvalue weighted by molar-refractivity contribution is 0.102. The molecule has 0 aliphatic heterocycles. The average molecular weight is 397 g/mol. The SMILES string of the molecule is COc1cccc(NC(=O)c2ccc(C=CC(=O)c3nc4ccccc4[nH]3)cc2)c1. The second-order valence-corrected chi connectivity index (χ2v) is 6.61. The summed E-state index contributed by atoms with van der Waals surface area (Å²) in [6.45, 7) is 0. The number of fused-ring (bicyclic) bond motifs is 1. The van der Waals surface area contributed by atoms with Crippen molar-refractivity contribution < 1.29 is 14.3 Å². The van der Waals surface area contributed by atoms with Gasteiger partial charge in [0.05, 0.1) is 18.1 Å². The summed E-state index contributed by atoms with van der Waals surface area (Å²) in [4.78, 5) is 32.1. The predicted molar refractivity (Wildman–Crippen MR) is 117 cm³/mol. The van der Waals surface area contributed by atoms with E-state index in [1.54, 1.807) is 55.7 Å². The number of carbonyl (C=O) groups excluding carboxylic acids is 2. The summed E-state index contributed by atoms with van der Waals surface area (Å²) in [5.74, 6) is 0.521. The van der Waals surface area contributed by atoms with Crippen LogP contribution in [0.5, 0.6) is 5.75 Å². The molecule has 0 spiro atoms. The number of para-hydroxylation sites is 2. The van der Waals surface area contributed by atoms with Gasteiger partial charge < -0.3 is 15.0 Å². The van der Waals surface area contributed by atoms with E-state index >= 15 is 0 Å². The van der Waals surface area contributed by atoms with Gasteiger partial charge >= 0.3 is 0 Å². The second kappa shape index (κ2) is 8.45. The third kappa shape index (κ3) is 4.28. The molecule has 0 saturated heterocycles. The topological polar surface area (TPSA) is 84.1 Å². The number of nitrogens with one attached hydrogen (secondary N) is 2. The van der Waals surface area contributed by atoms with Gasteiger partial charge in [0, 0.05) is 17.3 Å². The van der Waals surface area contributed by atoms with E-state index in [1.165, 1.54) is 6.08 Å². The zero-order chi connectivity index (χ0) is 20.9. The summed E-state index contributed by atoms with van der Waals surface area (Å²) < 4.78 is 5.16. The molecule has 148 valence electrons. The van der Waals surface area contributed by atoms with Crippen molar-refractivity contribution in [2.75, 3.05) is 12.4 Å². The molecular formula is C24H19N3O3. The Kier molecular flexibility index (Phi) is 5.39. The van der Waals surface area contributed by atoms with E-state index in [9.17, 15) is 9.59 Å². The van der Waals surface area contributed by atoms with Crippen molar-refractivity contribution in [1.82, 2.24) is 9.97 Å². The number of aromatic nitrogens is 2. The molecule has 30 heavy (non-hydrogen) atoms. The van der Waals surface area contributed by atoms with Crippen LogP contribution in [0.25, 0.3) is 17.1 Å². The minimum atomic E-state index is -0.225. The van der Waals surface area contributed by atoms with Crippen LogP contribution in [0.4, 0.5) is 5.69 Å². The number of carbonyl (C=O) groups is 2. The minimum absolute atomic E-state index is 0.217. The van der Waals surface area contributed by atoms with Crippen molar-refractivity contribution in [2.24, 2.45) is 0 Å². The first kappa shape index (κ1) is 19.1. The van der Waals surface area contributed by atoms with E-state index in [4.69, 9.17) is 4.74 Å². The number of amides is 1. The number of benzene rings is 3. The van der Waals surface area contributed by atoms with Crippen LogP contribution in [-0.4, -0.2) is 28.8 Å². The van der Waals surface area contributed by atoms with Crippen molar-refractivity contribution in [3.63, 3.8) is 0 Å². The number of ketones is 1. The van der Waals surface area contributed by atoms with Gasteiger partial charge in [0.1, 0.15) is 5.75 Å². The zero-order valence-electron chi connectivity index (χ0n) is 16.3. The van der Waals surface area contributed by atoms with Crippen LogP contribution in [0.1, 0.15) is 26.5 Å². The third-order valence-electron chi connectivity index (χ3n) is 4.55. The van der Waals surface area contributed by atoms with Crippen LogP contribution in [0.15, 0.2) is 78.9 Å². The van der Waals surface area contributed by atoms with E-state index in [1.807, 2.05) is 30.3 Å². The first-order chi connectivity index (χ1) is 14.6. The van der Waals surface area contributed by atoms with E-state index in [2.05, 4.69) is 15.3 Å². The molecule has 3 aromatic carbocycles. The highest BCUT2D eigenvalue weighted by Crippen LogP contribution is 2.18. The van der Waals surface area contributed by atoms with Gasteiger partial charge in [-0.25, -0.2) is 4.98 Å². The number of hydrogen-bond acceptors (Lipinski definition) is 4. The summed E-state index contributed by atoms with van der Waals surface area (Å²) in [6.07, 6.45) is 3.16. The lowest BCUT2D eigenvalue weighted by Gasteiger charge is -2.07. The highest BCUT2D eigenvalue weighted by Gasteiger charge is 2.09. The Morgan fingerprint density at radius 3 is 2.57 bits per heavy atom. The Bertz CT molecular complexity index is 1210. The highest BCUT2D eigenvalue weighted by molar-refractivity contribution is 6.06. The van der Waals surface area contributed by atoms with Gasteiger partial charge in [0.2, 0.25) is 5.78 Å². The number of H-pyrrole nitrogens is 1. The normalized spacial score (nSPS) is 11.0. The number of methoxy groups -OCH3 is 1. The smallest absolute Gasteiger partial charge is 0.255 e. The Balaban J connectivity index is 1.42. The zero-order valence-corrected chi connectivity index (χ0v) is 16.3. The highest BCUT2D eigenvalue weighted by atomic mass is 16.5. The standard InChI is InChI=1S/C24H19N3O3/c1-30-19-6-4-5-18(15-19)25-24(29)17-12-9-16(10-13-17)11-14-22(28)23-26-20-7-2-3-8-21(20)27-23/h2-15H,1H3,(H,25,29)(H,26,27). The lowest BCUT2D eigenvalue weighted by atomic mass is 10.1. The molecule has 1 amide bonds. The van der Waals surface area contributed by atoms with Gasteiger partial charge in [0.25, 0.3) is 5.91 Å². The maximum Gasteiger partial charge on any atom is 0.255 e. The molecule has 0 bridgehead atoms. The van der Waals surface area contributed by atoms with Crippen LogP contribution in [0, 0.1) is 0 Å². The molecule has 0 aliphatic carbocycles. The van der Waals surface area contributed by atoms with E-state index in [0.717, 1.165) is 16.6 Å². The predicted octanol–water partition coefficient (Wildman–Crippen LogP) is 4.72. The Hall–Kier alpha value is -4.19. The number of rotatable bonds is 6. The van der Waals surface area contributed by atoms with Crippen molar-refractivity contribution in [1.29, 1.82) is 0 Å². The summed E-state index contributed by atoms with van der Waals surface area (Å²) in [7, 11) is 1.58. The number of imidazole rings is 1. The molecule has 4 rings (SSSR count). The van der Waals surface area contributed by atoms with Gasteiger partial charge in [0.15, 0.2) is 5.82 Å². The first-order valence-electron chi connectivity index (χ1n) is 9.35. The summed E-state index contributed by atoms with van der Waals surface area (Å²) in [5.41, 5.74) is 3.54. The number of anilines is 1. The fourth-order valence-electron chi connectivity index (χ4n) is 2.97. The number of nitrogens with zero attached hydrogens (tertiary/aromatic N) is 1. The molecule has 1 heterocycles. The van der Waals surface area contributed by atoms with Crippen molar-refractivity contribution in [2.45, 2.75) is 0 Å². The monoisotopic (exact) mass is 397 g/mol. The molecule has 0 saturated carbocycles. The molecular weight excluding hydrogens is 378 g/mol. The van der Waals surface area contributed by atoms with E-state index < -0.39 is 0 Å². The maximum atomic E-state index is 12.4. The fourth-order valence-corrected chi connectivity index (χ4v) is 2.97. The van der Waals surface area contributed by atoms with Crippen LogP contribution >= 0.6 is 0 Å². The minimum Gasteiger partial charge on any atom is -0.497 e. The molecule has 0 atom stereocenters. The molecule has 0 aliphatic rings. The number of hydrogen-bond donors (Lipinski definition) is 2. The summed E-state index contributed by atoms with van der Waals surface area (Å²) in [6, 6.07) is 21.6. The van der Waals surface area contributed by atoms with Crippen LogP contribution in [0.3, 0.4) is 0 Å². The molecule has 1 aromatic heterocycles. The molecule has 2 N–H and O–H groups in total. The third-order valence-corrected chi connectivity index (χ3v) is 4.55. The average Bonchev–Trinajstić information content (AvgIpc) is 3.22. The van der Waals surface area contributed by atoms with Crippen molar-refractivity contribution >= 4 is 34.5 Å². The quantitative estimate of drug-likeness (QED) is 0.364. The number of allylic oxidation sites excluding steroid dienone is 1. The van der Waals surface area contributed by atoms with Gasteiger partial charge in [-0.15, -0.1) is 0 Å². The van der Waals surface area contributed by atoms with Gasteiger partial charge in [-0.1, -0.05) is 36.4 Å². The van der Waals surface area contributed by atoms with Crippen molar-refractivity contribution in [3.8, 4) is 5.75 Å². The van der Waals surface area contributed by atoms with Crippen LogP contribution < -0.4 is 10.1 Å². The largest absolute Gasteiger partial charge is 0.497 e. The molecule has 0 fully saturated rings. The Morgan fingerprint density at radius 2 is 1.80 bits per heavy atom. The van der Waals surface area contributed by atoms with Gasteiger partial charge in [-0.05, 0) is 48.0 Å². The van der Waals surface area contributed by atoms with Crippen molar-refractivity contribution in [3.05, 3.63) is 95.8 Å². The molecule has 6 heteroatoms. The number of ether oxygens (including phenoxy) is 1. The molecule has 0 unspecified atom stereocenters. The van der Waals surface area contributed by atoms with E-state index in [0.29, 0.717) is 22.8 Å². The van der Waals surface area contributed by atoms with Crippen LogP contribution in [-0.2, 0) is 0 Å². The fraction of sp³-hybridized carbons (Fsp3) is 0.0417. The second-order valence-electron chi connectivity index (χ2n) is 6.61. The van der Waals surface area contributed by atoms with E-state index in [-0.39, 0.29) is 11.7 Å². The van der Waals surface area contributed by atoms with Gasteiger partial charge in [-0.3, -0.25) is 9.59 Å². The Morgan fingerprint density at radius 1 is 1.00 bits per heavy atom. The molecule has 6 nitrogen and oxygen atoms in total.